The van der Waals surface area contributed by atoms with Gasteiger partial charge in [-0.25, -0.2) is 4.98 Å². The maximum Gasteiger partial charge on any atom is 0.185 e. The zero-order valence-corrected chi connectivity index (χ0v) is 12.3. The van der Waals surface area contributed by atoms with E-state index in [4.69, 9.17) is 5.26 Å². The van der Waals surface area contributed by atoms with E-state index in [0.717, 1.165) is 43.4 Å². The topological polar surface area (TPSA) is 52.0 Å². The molecule has 1 aromatic rings. The Morgan fingerprint density at radius 1 is 1.56 bits per heavy atom. The third-order valence-electron chi connectivity index (χ3n) is 2.64. The largest absolute Gasteiger partial charge is 0.347 e. The summed E-state index contributed by atoms with van der Waals surface area (Å²) in [7, 11) is 0. The molecule has 5 heteroatoms. The Balaban J connectivity index is 2.56. The summed E-state index contributed by atoms with van der Waals surface area (Å²) in [6.45, 7) is 9.69. The first-order valence-electron chi connectivity index (χ1n) is 6.50. The lowest BCUT2D eigenvalue weighted by atomic mass is 10.2. The van der Waals surface area contributed by atoms with Crippen molar-refractivity contribution < 1.29 is 0 Å². The van der Waals surface area contributed by atoms with Crippen LogP contribution < -0.4 is 10.2 Å². The summed E-state index contributed by atoms with van der Waals surface area (Å²) in [5.41, 5.74) is 1.09. The van der Waals surface area contributed by atoms with E-state index in [0.29, 0.717) is 0 Å². The average molecular weight is 266 g/mol. The lowest BCUT2D eigenvalue weighted by Crippen LogP contribution is -2.27. The molecule has 1 rings (SSSR count). The molecule has 1 aromatic heterocycles. The number of nitrogens with one attached hydrogen (secondary N) is 1. The molecule has 0 bridgehead atoms. The second-order valence-electron chi connectivity index (χ2n) is 4.37. The van der Waals surface area contributed by atoms with Gasteiger partial charge in [-0.3, -0.25) is 0 Å². The molecular formula is C13H22N4S. The summed E-state index contributed by atoms with van der Waals surface area (Å²) < 4.78 is 0. The highest BCUT2D eigenvalue weighted by molar-refractivity contribution is 7.13. The van der Waals surface area contributed by atoms with Crippen LogP contribution in [0.2, 0.25) is 0 Å². The van der Waals surface area contributed by atoms with E-state index in [2.05, 4.69) is 40.5 Å². The molecule has 1 N–H and O–H groups in total. The van der Waals surface area contributed by atoms with Crippen LogP contribution in [0.15, 0.2) is 5.38 Å². The van der Waals surface area contributed by atoms with E-state index >= 15 is 0 Å². The van der Waals surface area contributed by atoms with Crippen molar-refractivity contribution in [1.29, 1.82) is 5.26 Å². The van der Waals surface area contributed by atoms with Crippen molar-refractivity contribution in [2.45, 2.75) is 33.7 Å². The lowest BCUT2D eigenvalue weighted by Gasteiger charge is -2.20. The summed E-state index contributed by atoms with van der Waals surface area (Å²) in [6.07, 6.45) is 1.14. The van der Waals surface area contributed by atoms with Gasteiger partial charge in [-0.2, -0.15) is 5.26 Å². The molecule has 0 radical (unpaired) electrons. The molecule has 18 heavy (non-hydrogen) atoms. The molecule has 0 saturated heterocycles. The van der Waals surface area contributed by atoms with Crippen molar-refractivity contribution in [3.05, 3.63) is 11.1 Å². The number of thiazole rings is 1. The van der Waals surface area contributed by atoms with Crippen LogP contribution in [0, 0.1) is 17.2 Å². The number of anilines is 1. The third-order valence-corrected chi connectivity index (χ3v) is 3.59. The summed E-state index contributed by atoms with van der Waals surface area (Å²) in [4.78, 5) is 6.78. The highest BCUT2D eigenvalue weighted by Crippen LogP contribution is 2.21. The van der Waals surface area contributed by atoms with E-state index in [9.17, 15) is 0 Å². The molecule has 0 aliphatic carbocycles. The maximum atomic E-state index is 8.87. The molecule has 0 fully saturated rings. The Kier molecular flexibility index (Phi) is 6.69. The fraction of sp³-hybridized carbons (Fsp3) is 0.692. The highest BCUT2D eigenvalue weighted by Gasteiger charge is 2.12. The quantitative estimate of drug-likeness (QED) is 0.735. The Morgan fingerprint density at radius 3 is 2.94 bits per heavy atom. The second-order valence-corrected chi connectivity index (χ2v) is 5.20. The Bertz CT molecular complexity index is 383. The highest BCUT2D eigenvalue weighted by atomic mass is 32.1. The smallest absolute Gasteiger partial charge is 0.185 e. The standard InChI is InChI=1S/C13H22N4S/c1-4-6-15-8-12-10-18-13(16-12)17(5-2)9-11(3)7-14/h10-11,15H,4-6,8-9H2,1-3H3. The van der Waals surface area contributed by atoms with Gasteiger partial charge >= 0.3 is 0 Å². The van der Waals surface area contributed by atoms with E-state index in [1.165, 1.54) is 0 Å². The van der Waals surface area contributed by atoms with Crippen LogP contribution in [0.25, 0.3) is 0 Å². The number of nitriles is 1. The molecule has 0 amide bonds. The number of rotatable bonds is 8. The predicted molar refractivity (Wildman–Crippen MR) is 76.8 cm³/mol. The first-order chi connectivity index (χ1) is 8.71. The van der Waals surface area contributed by atoms with Gasteiger partial charge in [-0.1, -0.05) is 6.92 Å². The summed E-state index contributed by atoms with van der Waals surface area (Å²) in [6, 6.07) is 2.27. The fourth-order valence-corrected chi connectivity index (χ4v) is 2.53. The van der Waals surface area contributed by atoms with Gasteiger partial charge in [-0.05, 0) is 26.8 Å². The maximum absolute atomic E-state index is 8.87. The van der Waals surface area contributed by atoms with Crippen molar-refractivity contribution in [2.75, 3.05) is 24.5 Å². The van der Waals surface area contributed by atoms with Crippen LogP contribution in [0.5, 0.6) is 0 Å². The van der Waals surface area contributed by atoms with E-state index < -0.39 is 0 Å². The van der Waals surface area contributed by atoms with Crippen molar-refractivity contribution >= 4 is 16.5 Å². The third kappa shape index (κ3) is 4.63. The molecule has 0 saturated carbocycles. The van der Waals surface area contributed by atoms with E-state index in [1.807, 2.05) is 6.92 Å². The Labute approximate surface area is 114 Å². The predicted octanol–water partition coefficient (Wildman–Crippen LogP) is 2.63. The lowest BCUT2D eigenvalue weighted by molar-refractivity contribution is 0.660. The fourth-order valence-electron chi connectivity index (χ4n) is 1.63. The van der Waals surface area contributed by atoms with Crippen LogP contribution in [0.3, 0.4) is 0 Å². The van der Waals surface area contributed by atoms with Gasteiger partial charge in [0.25, 0.3) is 0 Å². The minimum absolute atomic E-state index is 0.0375. The SMILES string of the molecule is CCCNCc1csc(N(CC)CC(C)C#N)n1. The van der Waals surface area contributed by atoms with Gasteiger partial charge in [0, 0.05) is 25.0 Å². The summed E-state index contributed by atoms with van der Waals surface area (Å²) in [5, 5.41) is 15.3. The minimum Gasteiger partial charge on any atom is -0.347 e. The molecular weight excluding hydrogens is 244 g/mol. The van der Waals surface area contributed by atoms with Crippen molar-refractivity contribution in [3.8, 4) is 6.07 Å². The number of hydrogen-bond donors (Lipinski definition) is 1. The van der Waals surface area contributed by atoms with Gasteiger partial charge in [0.1, 0.15) is 0 Å². The van der Waals surface area contributed by atoms with E-state index in [-0.39, 0.29) is 5.92 Å². The van der Waals surface area contributed by atoms with Crippen LogP contribution in [0.1, 0.15) is 32.9 Å². The monoisotopic (exact) mass is 266 g/mol. The molecule has 4 nitrogen and oxygen atoms in total. The number of nitrogens with zero attached hydrogens (tertiary/aromatic N) is 3. The van der Waals surface area contributed by atoms with Crippen LogP contribution in [0.4, 0.5) is 5.13 Å². The molecule has 100 valence electrons. The minimum atomic E-state index is 0.0375. The Morgan fingerprint density at radius 2 is 2.33 bits per heavy atom. The van der Waals surface area contributed by atoms with Crippen LogP contribution >= 0.6 is 11.3 Å². The van der Waals surface area contributed by atoms with Crippen molar-refractivity contribution in [3.63, 3.8) is 0 Å². The molecule has 0 aliphatic rings. The van der Waals surface area contributed by atoms with Crippen molar-refractivity contribution in [1.82, 2.24) is 10.3 Å². The van der Waals surface area contributed by atoms with Gasteiger partial charge in [0.05, 0.1) is 17.7 Å². The van der Waals surface area contributed by atoms with Gasteiger partial charge in [0.2, 0.25) is 0 Å². The molecule has 0 spiro atoms. The normalized spacial score (nSPS) is 12.1. The van der Waals surface area contributed by atoms with E-state index in [1.54, 1.807) is 11.3 Å². The van der Waals surface area contributed by atoms with Crippen LogP contribution in [-0.4, -0.2) is 24.6 Å². The first-order valence-corrected chi connectivity index (χ1v) is 7.38. The molecule has 1 atom stereocenters. The van der Waals surface area contributed by atoms with Gasteiger partial charge in [0.15, 0.2) is 5.13 Å². The summed E-state index contributed by atoms with van der Waals surface area (Å²) >= 11 is 1.66. The second kappa shape index (κ2) is 8.06. The van der Waals surface area contributed by atoms with Crippen molar-refractivity contribution in [2.24, 2.45) is 5.92 Å². The Hall–Kier alpha value is -1.12. The summed E-state index contributed by atoms with van der Waals surface area (Å²) in [5.74, 6) is 0.0375. The molecule has 0 aliphatic heterocycles. The zero-order valence-electron chi connectivity index (χ0n) is 11.4. The molecule has 0 aromatic carbocycles. The number of hydrogen-bond acceptors (Lipinski definition) is 5. The average Bonchev–Trinajstić information content (AvgIpc) is 2.84. The molecule has 1 unspecified atom stereocenters. The zero-order chi connectivity index (χ0) is 13.4. The van der Waals surface area contributed by atoms with Gasteiger partial charge < -0.3 is 10.2 Å². The molecule has 1 heterocycles. The number of aromatic nitrogens is 1. The first kappa shape index (κ1) is 14.9. The van der Waals surface area contributed by atoms with Crippen LogP contribution in [-0.2, 0) is 6.54 Å². The van der Waals surface area contributed by atoms with Gasteiger partial charge in [-0.15, -0.1) is 11.3 Å².